The van der Waals surface area contributed by atoms with E-state index in [0.717, 1.165) is 16.2 Å². The van der Waals surface area contributed by atoms with Gasteiger partial charge in [0.05, 0.1) is 12.9 Å². The van der Waals surface area contributed by atoms with Crippen LogP contribution in [0.3, 0.4) is 0 Å². The number of methoxy groups -OCH3 is 1. The third kappa shape index (κ3) is 3.49. The zero-order valence-electron chi connectivity index (χ0n) is 12.4. The molecule has 0 spiro atoms. The predicted octanol–water partition coefficient (Wildman–Crippen LogP) is 4.35. The van der Waals surface area contributed by atoms with Gasteiger partial charge in [-0.25, -0.2) is 0 Å². The highest BCUT2D eigenvalue weighted by atomic mass is 32.2. The second kappa shape index (κ2) is 6.66. The van der Waals surface area contributed by atoms with Gasteiger partial charge in [-0.05, 0) is 31.2 Å². The van der Waals surface area contributed by atoms with Gasteiger partial charge in [-0.15, -0.1) is 11.8 Å². The minimum atomic E-state index is 0.622. The van der Waals surface area contributed by atoms with Crippen molar-refractivity contribution in [3.8, 4) is 17.1 Å². The first-order chi connectivity index (χ1) is 10.7. The standard InChI is InChI=1S/C17H16N2O2S/c1-12-3-5-13(6-4-12)17-18-16(21-19-17)11-22-15-9-7-14(20-2)8-10-15/h3-10H,11H2,1-2H3. The lowest BCUT2D eigenvalue weighted by Gasteiger charge is -2.01. The van der Waals surface area contributed by atoms with Gasteiger partial charge in [-0.1, -0.05) is 35.0 Å². The number of ether oxygens (including phenoxy) is 1. The lowest BCUT2D eigenvalue weighted by molar-refractivity contribution is 0.391. The fraction of sp³-hybridized carbons (Fsp3) is 0.176. The minimum Gasteiger partial charge on any atom is -0.497 e. The minimum absolute atomic E-state index is 0.622. The van der Waals surface area contributed by atoms with Gasteiger partial charge >= 0.3 is 0 Å². The lowest BCUT2D eigenvalue weighted by atomic mass is 10.1. The monoisotopic (exact) mass is 312 g/mol. The first-order valence-corrected chi connectivity index (χ1v) is 7.89. The van der Waals surface area contributed by atoms with E-state index in [1.807, 2.05) is 48.5 Å². The molecule has 0 aliphatic carbocycles. The van der Waals surface area contributed by atoms with Gasteiger partial charge in [0.25, 0.3) is 0 Å². The molecule has 0 saturated carbocycles. The quantitative estimate of drug-likeness (QED) is 0.656. The Balaban J connectivity index is 1.65. The fourth-order valence-electron chi connectivity index (χ4n) is 1.95. The van der Waals surface area contributed by atoms with Crippen molar-refractivity contribution in [3.63, 3.8) is 0 Å². The number of thioether (sulfide) groups is 1. The molecule has 0 aliphatic heterocycles. The van der Waals surface area contributed by atoms with Crippen LogP contribution in [0.5, 0.6) is 5.75 Å². The summed E-state index contributed by atoms with van der Waals surface area (Å²) in [5, 5.41) is 4.04. The molecule has 0 aliphatic rings. The molecule has 0 fully saturated rings. The van der Waals surface area contributed by atoms with Gasteiger partial charge in [-0.2, -0.15) is 4.98 Å². The van der Waals surface area contributed by atoms with Crippen molar-refractivity contribution in [1.29, 1.82) is 0 Å². The van der Waals surface area contributed by atoms with E-state index in [-0.39, 0.29) is 0 Å². The Labute approximate surface area is 133 Å². The van der Waals surface area contributed by atoms with Crippen molar-refractivity contribution in [2.45, 2.75) is 17.6 Å². The molecular formula is C17H16N2O2S. The third-order valence-corrected chi connectivity index (χ3v) is 4.20. The molecule has 0 atom stereocenters. The zero-order chi connectivity index (χ0) is 15.4. The molecule has 0 amide bonds. The number of aromatic nitrogens is 2. The summed E-state index contributed by atoms with van der Waals surface area (Å²) in [6.07, 6.45) is 0. The third-order valence-electron chi connectivity index (χ3n) is 3.20. The normalized spacial score (nSPS) is 10.6. The van der Waals surface area contributed by atoms with Crippen molar-refractivity contribution in [1.82, 2.24) is 10.1 Å². The van der Waals surface area contributed by atoms with Gasteiger partial charge in [0, 0.05) is 10.5 Å². The van der Waals surface area contributed by atoms with Crippen molar-refractivity contribution in [3.05, 3.63) is 60.0 Å². The maximum Gasteiger partial charge on any atom is 0.237 e. The summed E-state index contributed by atoms with van der Waals surface area (Å²) < 4.78 is 10.5. The van der Waals surface area contributed by atoms with Crippen molar-refractivity contribution >= 4 is 11.8 Å². The molecule has 2 aromatic carbocycles. The molecule has 0 unspecified atom stereocenters. The van der Waals surface area contributed by atoms with E-state index < -0.39 is 0 Å². The molecule has 1 aromatic heterocycles. The van der Waals surface area contributed by atoms with E-state index in [1.165, 1.54) is 5.56 Å². The number of hydrogen-bond acceptors (Lipinski definition) is 5. The molecule has 0 saturated heterocycles. The highest BCUT2D eigenvalue weighted by molar-refractivity contribution is 7.98. The van der Waals surface area contributed by atoms with Crippen LogP contribution in [0.2, 0.25) is 0 Å². The van der Waals surface area contributed by atoms with E-state index >= 15 is 0 Å². The van der Waals surface area contributed by atoms with Crippen LogP contribution < -0.4 is 4.74 Å². The van der Waals surface area contributed by atoms with Crippen molar-refractivity contribution < 1.29 is 9.26 Å². The predicted molar refractivity (Wildman–Crippen MR) is 87.0 cm³/mol. The lowest BCUT2D eigenvalue weighted by Crippen LogP contribution is -1.84. The SMILES string of the molecule is COc1ccc(SCc2nc(-c3ccc(C)cc3)no2)cc1. The molecule has 3 aromatic rings. The molecule has 4 nitrogen and oxygen atoms in total. The molecule has 1 heterocycles. The Morgan fingerprint density at radius 1 is 1.05 bits per heavy atom. The van der Waals surface area contributed by atoms with Crippen LogP contribution in [0.15, 0.2) is 57.9 Å². The maximum absolute atomic E-state index is 5.31. The van der Waals surface area contributed by atoms with Crippen molar-refractivity contribution in [2.24, 2.45) is 0 Å². The molecule has 112 valence electrons. The average Bonchev–Trinajstić information content (AvgIpc) is 3.03. The van der Waals surface area contributed by atoms with Gasteiger partial charge in [0.15, 0.2) is 0 Å². The number of benzene rings is 2. The summed E-state index contributed by atoms with van der Waals surface area (Å²) in [7, 11) is 1.66. The Bertz CT molecular complexity index is 736. The second-order valence-corrected chi connectivity index (χ2v) is 5.89. The second-order valence-electron chi connectivity index (χ2n) is 4.84. The van der Waals surface area contributed by atoms with Gasteiger partial charge < -0.3 is 9.26 Å². The molecule has 3 rings (SSSR count). The van der Waals surface area contributed by atoms with Crippen molar-refractivity contribution in [2.75, 3.05) is 7.11 Å². The van der Waals surface area contributed by atoms with Crippen LogP contribution in [0.4, 0.5) is 0 Å². The number of aryl methyl sites for hydroxylation is 1. The van der Waals surface area contributed by atoms with E-state index in [9.17, 15) is 0 Å². The van der Waals surface area contributed by atoms with Crippen LogP contribution in [0.25, 0.3) is 11.4 Å². The number of nitrogens with zero attached hydrogens (tertiary/aromatic N) is 2. The van der Waals surface area contributed by atoms with E-state index in [4.69, 9.17) is 9.26 Å². The smallest absolute Gasteiger partial charge is 0.237 e. The van der Waals surface area contributed by atoms with E-state index in [1.54, 1.807) is 18.9 Å². The molecule has 5 heteroatoms. The Kier molecular flexibility index (Phi) is 4.44. The topological polar surface area (TPSA) is 48.2 Å². The van der Waals surface area contributed by atoms with Gasteiger partial charge in [0.1, 0.15) is 5.75 Å². The maximum atomic E-state index is 5.31. The summed E-state index contributed by atoms with van der Waals surface area (Å²) in [5.74, 6) is 2.75. The van der Waals surface area contributed by atoms with Crippen LogP contribution in [0.1, 0.15) is 11.5 Å². The molecule has 0 N–H and O–H groups in total. The number of hydrogen-bond donors (Lipinski definition) is 0. The summed E-state index contributed by atoms with van der Waals surface area (Å²) in [5.41, 5.74) is 2.18. The summed E-state index contributed by atoms with van der Waals surface area (Å²) in [6.45, 7) is 2.05. The number of rotatable bonds is 5. The Morgan fingerprint density at radius 3 is 2.45 bits per heavy atom. The van der Waals surface area contributed by atoms with Gasteiger partial charge in [-0.3, -0.25) is 0 Å². The summed E-state index contributed by atoms with van der Waals surface area (Å²) >= 11 is 1.65. The van der Waals surface area contributed by atoms with E-state index in [0.29, 0.717) is 17.5 Å². The fourth-order valence-corrected chi connectivity index (χ4v) is 2.69. The molecular weight excluding hydrogens is 296 g/mol. The van der Waals surface area contributed by atoms with Gasteiger partial charge in [0.2, 0.25) is 11.7 Å². The first-order valence-electron chi connectivity index (χ1n) is 6.91. The van der Waals surface area contributed by atoms with Crippen LogP contribution in [-0.4, -0.2) is 17.3 Å². The average molecular weight is 312 g/mol. The van der Waals surface area contributed by atoms with E-state index in [2.05, 4.69) is 17.1 Å². The molecule has 0 bridgehead atoms. The highest BCUT2D eigenvalue weighted by Crippen LogP contribution is 2.25. The summed E-state index contributed by atoms with van der Waals surface area (Å²) in [4.78, 5) is 5.57. The van der Waals surface area contributed by atoms with Crippen LogP contribution in [-0.2, 0) is 5.75 Å². The molecule has 0 radical (unpaired) electrons. The van der Waals surface area contributed by atoms with Crippen LogP contribution in [0, 0.1) is 6.92 Å². The van der Waals surface area contributed by atoms with Crippen LogP contribution >= 0.6 is 11.8 Å². The Morgan fingerprint density at radius 2 is 1.77 bits per heavy atom. The zero-order valence-corrected chi connectivity index (χ0v) is 13.3. The Hall–Kier alpha value is -2.27. The molecule has 22 heavy (non-hydrogen) atoms. The first kappa shape index (κ1) is 14.7. The largest absolute Gasteiger partial charge is 0.497 e. The summed E-state index contributed by atoms with van der Waals surface area (Å²) in [6, 6.07) is 16.0. The highest BCUT2D eigenvalue weighted by Gasteiger charge is 2.09.